The standard InChI is InChI=1S/C15H18N4O/c1-9(2)6-13-18-15(19-20-13)14-10(3)17-8-11-7-16-5-4-12(11)14/h6,8,16H,4-5,7H2,1-3H3. The van der Waals surface area contributed by atoms with Crippen LogP contribution in [0.5, 0.6) is 0 Å². The van der Waals surface area contributed by atoms with E-state index in [4.69, 9.17) is 4.52 Å². The van der Waals surface area contributed by atoms with Gasteiger partial charge in [0.25, 0.3) is 5.89 Å². The Morgan fingerprint density at radius 2 is 2.25 bits per heavy atom. The number of allylic oxidation sites excluding steroid dienone is 1. The molecular weight excluding hydrogens is 252 g/mol. The van der Waals surface area contributed by atoms with Crippen LogP contribution >= 0.6 is 0 Å². The van der Waals surface area contributed by atoms with E-state index in [9.17, 15) is 0 Å². The average molecular weight is 270 g/mol. The summed E-state index contributed by atoms with van der Waals surface area (Å²) in [6.07, 6.45) is 4.80. The van der Waals surface area contributed by atoms with Crippen molar-refractivity contribution in [1.29, 1.82) is 0 Å². The highest BCUT2D eigenvalue weighted by Crippen LogP contribution is 2.28. The fourth-order valence-corrected chi connectivity index (χ4v) is 2.51. The van der Waals surface area contributed by atoms with Crippen molar-refractivity contribution < 1.29 is 4.52 Å². The van der Waals surface area contributed by atoms with Crippen molar-refractivity contribution in [2.45, 2.75) is 33.7 Å². The van der Waals surface area contributed by atoms with Gasteiger partial charge < -0.3 is 9.84 Å². The van der Waals surface area contributed by atoms with Gasteiger partial charge >= 0.3 is 0 Å². The second-order valence-corrected chi connectivity index (χ2v) is 5.33. The Balaban J connectivity index is 2.09. The van der Waals surface area contributed by atoms with Gasteiger partial charge in [0.2, 0.25) is 5.82 Å². The first-order valence-electron chi connectivity index (χ1n) is 6.82. The molecule has 1 N–H and O–H groups in total. The molecule has 0 radical (unpaired) electrons. The largest absolute Gasteiger partial charge is 0.334 e. The normalized spacial score (nSPS) is 13.9. The minimum atomic E-state index is 0.547. The van der Waals surface area contributed by atoms with E-state index in [-0.39, 0.29) is 0 Å². The number of aromatic nitrogens is 3. The highest BCUT2D eigenvalue weighted by Gasteiger charge is 2.20. The summed E-state index contributed by atoms with van der Waals surface area (Å²) in [4.78, 5) is 8.94. The molecule has 3 rings (SSSR count). The van der Waals surface area contributed by atoms with Gasteiger partial charge in [0.15, 0.2) is 0 Å². The van der Waals surface area contributed by atoms with E-state index in [0.29, 0.717) is 11.7 Å². The third-order valence-corrected chi connectivity index (χ3v) is 3.41. The lowest BCUT2D eigenvalue weighted by molar-refractivity contribution is 0.410. The predicted molar refractivity (Wildman–Crippen MR) is 77.0 cm³/mol. The number of fused-ring (bicyclic) bond motifs is 1. The maximum absolute atomic E-state index is 5.29. The molecule has 0 amide bonds. The Morgan fingerprint density at radius 3 is 3.05 bits per heavy atom. The molecule has 0 bridgehead atoms. The Morgan fingerprint density at radius 1 is 1.40 bits per heavy atom. The van der Waals surface area contributed by atoms with E-state index in [0.717, 1.165) is 36.3 Å². The summed E-state index contributed by atoms with van der Waals surface area (Å²) in [6.45, 7) is 7.84. The molecule has 0 atom stereocenters. The van der Waals surface area contributed by atoms with Gasteiger partial charge in [0, 0.05) is 30.1 Å². The molecular formula is C15H18N4O. The molecule has 0 aliphatic carbocycles. The fourth-order valence-electron chi connectivity index (χ4n) is 2.51. The average Bonchev–Trinajstić information content (AvgIpc) is 2.85. The number of pyridine rings is 1. The molecule has 0 aromatic carbocycles. The lowest BCUT2D eigenvalue weighted by Gasteiger charge is -2.19. The number of hydrogen-bond acceptors (Lipinski definition) is 5. The molecule has 2 aromatic heterocycles. The summed E-state index contributed by atoms with van der Waals surface area (Å²) in [5.74, 6) is 1.19. The minimum absolute atomic E-state index is 0.547. The van der Waals surface area contributed by atoms with Crippen molar-refractivity contribution in [1.82, 2.24) is 20.4 Å². The molecule has 5 nitrogen and oxygen atoms in total. The second-order valence-electron chi connectivity index (χ2n) is 5.33. The topological polar surface area (TPSA) is 63.8 Å². The van der Waals surface area contributed by atoms with Crippen LogP contribution in [0.25, 0.3) is 17.5 Å². The van der Waals surface area contributed by atoms with Crippen molar-refractivity contribution in [3.63, 3.8) is 0 Å². The molecule has 0 saturated heterocycles. The molecule has 3 heterocycles. The predicted octanol–water partition coefficient (Wildman–Crippen LogP) is 2.51. The van der Waals surface area contributed by atoms with Crippen LogP contribution in [0.3, 0.4) is 0 Å². The number of nitrogens with zero attached hydrogens (tertiary/aromatic N) is 3. The summed E-state index contributed by atoms with van der Waals surface area (Å²) >= 11 is 0. The van der Waals surface area contributed by atoms with Gasteiger partial charge in [-0.15, -0.1) is 0 Å². The lowest BCUT2D eigenvalue weighted by atomic mass is 9.95. The van der Waals surface area contributed by atoms with Crippen LogP contribution in [0.1, 0.15) is 36.6 Å². The van der Waals surface area contributed by atoms with E-state index in [1.165, 1.54) is 11.1 Å². The Kier molecular flexibility index (Phi) is 3.36. The monoisotopic (exact) mass is 270 g/mol. The summed E-state index contributed by atoms with van der Waals surface area (Å²) in [5, 5.41) is 7.47. The zero-order valence-electron chi connectivity index (χ0n) is 12.0. The van der Waals surface area contributed by atoms with Crippen LogP contribution in [-0.4, -0.2) is 21.7 Å². The first-order chi connectivity index (χ1) is 9.65. The Bertz CT molecular complexity index is 669. The van der Waals surface area contributed by atoms with Gasteiger partial charge in [-0.3, -0.25) is 4.98 Å². The first kappa shape index (κ1) is 13.0. The maximum atomic E-state index is 5.29. The molecule has 0 unspecified atom stereocenters. The molecule has 0 spiro atoms. The summed E-state index contributed by atoms with van der Waals surface area (Å²) in [5.41, 5.74) is 5.64. The summed E-state index contributed by atoms with van der Waals surface area (Å²) < 4.78 is 5.29. The third kappa shape index (κ3) is 2.36. The summed E-state index contributed by atoms with van der Waals surface area (Å²) in [7, 11) is 0. The maximum Gasteiger partial charge on any atom is 0.250 e. The van der Waals surface area contributed by atoms with Crippen LogP contribution in [0, 0.1) is 6.92 Å². The molecule has 1 aliphatic heterocycles. The van der Waals surface area contributed by atoms with Crippen molar-refractivity contribution in [3.05, 3.63) is 34.5 Å². The number of nitrogens with one attached hydrogen (secondary N) is 1. The first-order valence-corrected chi connectivity index (χ1v) is 6.82. The Labute approximate surface area is 118 Å². The van der Waals surface area contributed by atoms with Gasteiger partial charge in [-0.2, -0.15) is 4.98 Å². The van der Waals surface area contributed by atoms with E-state index in [2.05, 4.69) is 20.4 Å². The van der Waals surface area contributed by atoms with E-state index < -0.39 is 0 Å². The van der Waals surface area contributed by atoms with Gasteiger partial charge in [-0.1, -0.05) is 10.7 Å². The molecule has 1 aliphatic rings. The molecule has 0 fully saturated rings. The van der Waals surface area contributed by atoms with Crippen LogP contribution < -0.4 is 5.32 Å². The van der Waals surface area contributed by atoms with Gasteiger partial charge in [-0.25, -0.2) is 0 Å². The zero-order chi connectivity index (χ0) is 14.1. The Hall–Kier alpha value is -2.01. The van der Waals surface area contributed by atoms with E-state index in [1.54, 1.807) is 0 Å². The van der Waals surface area contributed by atoms with E-state index >= 15 is 0 Å². The number of hydrogen-bond donors (Lipinski definition) is 1. The molecule has 0 saturated carbocycles. The van der Waals surface area contributed by atoms with Gasteiger partial charge in [-0.05, 0) is 44.9 Å². The quantitative estimate of drug-likeness (QED) is 0.908. The highest BCUT2D eigenvalue weighted by atomic mass is 16.5. The van der Waals surface area contributed by atoms with Crippen molar-refractivity contribution in [2.75, 3.05) is 6.54 Å². The minimum Gasteiger partial charge on any atom is -0.334 e. The van der Waals surface area contributed by atoms with Gasteiger partial charge in [0.1, 0.15) is 0 Å². The summed E-state index contributed by atoms with van der Waals surface area (Å²) in [6, 6.07) is 0. The third-order valence-electron chi connectivity index (χ3n) is 3.41. The molecule has 104 valence electrons. The van der Waals surface area contributed by atoms with E-state index in [1.807, 2.05) is 33.0 Å². The lowest BCUT2D eigenvalue weighted by Crippen LogP contribution is -2.24. The smallest absolute Gasteiger partial charge is 0.250 e. The number of aryl methyl sites for hydroxylation is 1. The van der Waals surface area contributed by atoms with Crippen LogP contribution in [0.4, 0.5) is 0 Å². The van der Waals surface area contributed by atoms with Crippen molar-refractivity contribution in [2.24, 2.45) is 0 Å². The fraction of sp³-hybridized carbons (Fsp3) is 0.400. The molecule has 5 heteroatoms. The van der Waals surface area contributed by atoms with Crippen molar-refractivity contribution in [3.8, 4) is 11.4 Å². The van der Waals surface area contributed by atoms with Crippen LogP contribution in [0.15, 0.2) is 16.3 Å². The molecule has 2 aromatic rings. The second kappa shape index (κ2) is 5.17. The highest BCUT2D eigenvalue weighted by molar-refractivity contribution is 5.65. The molecule has 20 heavy (non-hydrogen) atoms. The van der Waals surface area contributed by atoms with Gasteiger partial charge in [0.05, 0.1) is 0 Å². The SMILES string of the molecule is CC(C)=Cc1nc(-c2c(C)ncc3c2CCNC3)no1. The van der Waals surface area contributed by atoms with Crippen LogP contribution in [-0.2, 0) is 13.0 Å². The van der Waals surface area contributed by atoms with Crippen molar-refractivity contribution >= 4 is 6.08 Å². The zero-order valence-corrected chi connectivity index (χ0v) is 12.0. The van der Waals surface area contributed by atoms with Crippen LogP contribution in [0.2, 0.25) is 0 Å². The number of rotatable bonds is 2.